The molecule has 88 valence electrons. The smallest absolute Gasteiger partial charge is 0.376 e. The SMILES string of the molecule is Nn1ccnc1C(=O)OC1CCCCCC1. The number of carbonyl (C=O) groups excluding carboxylic acids is 1. The number of nitrogens with zero attached hydrogens (tertiary/aromatic N) is 2. The van der Waals surface area contributed by atoms with E-state index in [1.54, 1.807) is 0 Å². The minimum absolute atomic E-state index is 0.0340. The third kappa shape index (κ3) is 2.53. The van der Waals surface area contributed by atoms with Crippen LogP contribution in [0.2, 0.25) is 0 Å². The van der Waals surface area contributed by atoms with Crippen molar-refractivity contribution < 1.29 is 9.53 Å². The molecule has 1 saturated carbocycles. The lowest BCUT2D eigenvalue weighted by atomic mass is 10.1. The molecule has 0 spiro atoms. The van der Waals surface area contributed by atoms with Gasteiger partial charge in [0.05, 0.1) is 0 Å². The molecule has 0 aromatic carbocycles. The van der Waals surface area contributed by atoms with E-state index in [1.807, 2.05) is 0 Å². The van der Waals surface area contributed by atoms with E-state index in [-0.39, 0.29) is 11.9 Å². The first kappa shape index (κ1) is 11.0. The number of imidazole rings is 1. The van der Waals surface area contributed by atoms with E-state index in [4.69, 9.17) is 10.6 Å². The van der Waals surface area contributed by atoms with Gasteiger partial charge in [-0.15, -0.1) is 0 Å². The van der Waals surface area contributed by atoms with Crippen molar-refractivity contribution in [3.05, 3.63) is 18.2 Å². The second kappa shape index (κ2) is 5.01. The van der Waals surface area contributed by atoms with Gasteiger partial charge >= 0.3 is 5.97 Å². The van der Waals surface area contributed by atoms with E-state index in [1.165, 1.54) is 29.9 Å². The second-order valence-corrected chi connectivity index (χ2v) is 4.18. The molecular weight excluding hydrogens is 206 g/mol. The zero-order valence-electron chi connectivity index (χ0n) is 9.26. The molecule has 5 heteroatoms. The Hall–Kier alpha value is -1.52. The summed E-state index contributed by atoms with van der Waals surface area (Å²) in [6.07, 6.45) is 9.71. The van der Waals surface area contributed by atoms with Crippen LogP contribution in [0.5, 0.6) is 0 Å². The number of esters is 1. The van der Waals surface area contributed by atoms with Crippen molar-refractivity contribution in [1.82, 2.24) is 9.66 Å². The molecule has 1 aliphatic carbocycles. The number of aromatic nitrogens is 2. The van der Waals surface area contributed by atoms with Gasteiger partial charge < -0.3 is 10.6 Å². The zero-order valence-corrected chi connectivity index (χ0v) is 9.26. The number of hydrogen-bond donors (Lipinski definition) is 1. The average Bonchev–Trinajstić information content (AvgIpc) is 2.53. The number of nitrogen functional groups attached to an aromatic ring is 1. The van der Waals surface area contributed by atoms with Gasteiger partial charge in [-0.1, -0.05) is 12.8 Å². The topological polar surface area (TPSA) is 70.1 Å². The van der Waals surface area contributed by atoms with Gasteiger partial charge in [0, 0.05) is 12.4 Å². The standard InChI is InChI=1S/C11H17N3O2/c12-14-8-7-13-10(14)11(15)16-9-5-3-1-2-4-6-9/h7-9H,1-6,12H2. The summed E-state index contributed by atoms with van der Waals surface area (Å²) in [6, 6.07) is 0. The highest BCUT2D eigenvalue weighted by Gasteiger charge is 2.20. The Kier molecular flexibility index (Phi) is 3.44. The zero-order chi connectivity index (χ0) is 11.4. The third-order valence-corrected chi connectivity index (χ3v) is 2.93. The van der Waals surface area contributed by atoms with Crippen LogP contribution >= 0.6 is 0 Å². The molecule has 1 aromatic rings. The first-order valence-corrected chi connectivity index (χ1v) is 5.77. The van der Waals surface area contributed by atoms with E-state index in [9.17, 15) is 4.79 Å². The number of ether oxygens (including phenoxy) is 1. The largest absolute Gasteiger partial charge is 0.456 e. The van der Waals surface area contributed by atoms with E-state index in [0.717, 1.165) is 25.7 Å². The highest BCUT2D eigenvalue weighted by molar-refractivity contribution is 5.85. The van der Waals surface area contributed by atoms with Gasteiger partial charge in [-0.3, -0.25) is 0 Å². The molecule has 1 heterocycles. The van der Waals surface area contributed by atoms with Crippen LogP contribution in [0, 0.1) is 0 Å². The first-order valence-electron chi connectivity index (χ1n) is 5.77. The maximum Gasteiger partial charge on any atom is 0.376 e. The lowest BCUT2D eigenvalue weighted by molar-refractivity contribution is 0.0250. The summed E-state index contributed by atoms with van der Waals surface area (Å²) in [4.78, 5) is 15.6. The molecule has 0 radical (unpaired) electrons. The molecule has 1 aromatic heterocycles. The van der Waals surface area contributed by atoms with Gasteiger partial charge in [0.1, 0.15) is 6.10 Å². The van der Waals surface area contributed by atoms with Crippen molar-refractivity contribution >= 4 is 5.97 Å². The number of nitrogens with two attached hydrogens (primary N) is 1. The third-order valence-electron chi connectivity index (χ3n) is 2.93. The molecule has 0 aliphatic heterocycles. The average molecular weight is 223 g/mol. The van der Waals surface area contributed by atoms with Crippen molar-refractivity contribution in [3.63, 3.8) is 0 Å². The highest BCUT2D eigenvalue weighted by atomic mass is 16.5. The Bertz CT molecular complexity index is 354. The van der Waals surface area contributed by atoms with Crippen LogP contribution in [-0.4, -0.2) is 21.7 Å². The molecule has 2 rings (SSSR count). The van der Waals surface area contributed by atoms with Gasteiger partial charge in [0.25, 0.3) is 0 Å². The Morgan fingerprint density at radius 1 is 1.38 bits per heavy atom. The predicted molar refractivity (Wildman–Crippen MR) is 59.3 cm³/mol. The van der Waals surface area contributed by atoms with Crippen LogP contribution in [0.1, 0.15) is 49.1 Å². The monoisotopic (exact) mass is 223 g/mol. The summed E-state index contributed by atoms with van der Waals surface area (Å²) in [5.41, 5.74) is 0. The van der Waals surface area contributed by atoms with Crippen LogP contribution in [-0.2, 0) is 4.74 Å². The van der Waals surface area contributed by atoms with E-state index in [2.05, 4.69) is 4.98 Å². The number of carbonyl (C=O) groups is 1. The van der Waals surface area contributed by atoms with Crippen molar-refractivity contribution in [1.29, 1.82) is 0 Å². The summed E-state index contributed by atoms with van der Waals surface area (Å²) in [6.45, 7) is 0. The van der Waals surface area contributed by atoms with Gasteiger partial charge in [0.15, 0.2) is 0 Å². The maximum atomic E-state index is 11.7. The molecule has 1 aliphatic rings. The molecule has 0 unspecified atom stereocenters. The molecular formula is C11H17N3O2. The molecule has 2 N–H and O–H groups in total. The fourth-order valence-electron chi connectivity index (χ4n) is 2.03. The molecule has 0 saturated heterocycles. The molecule has 5 nitrogen and oxygen atoms in total. The van der Waals surface area contributed by atoms with Gasteiger partial charge in [-0.25, -0.2) is 14.5 Å². The lowest BCUT2D eigenvalue weighted by Gasteiger charge is -2.14. The summed E-state index contributed by atoms with van der Waals surface area (Å²) in [5, 5.41) is 0. The normalized spacial score (nSPS) is 18.0. The van der Waals surface area contributed by atoms with Crippen LogP contribution in [0.25, 0.3) is 0 Å². The van der Waals surface area contributed by atoms with Crippen LogP contribution < -0.4 is 5.84 Å². The quantitative estimate of drug-likeness (QED) is 0.468. The maximum absolute atomic E-state index is 11.7. The Balaban J connectivity index is 1.93. The van der Waals surface area contributed by atoms with Crippen molar-refractivity contribution in [3.8, 4) is 0 Å². The number of rotatable bonds is 2. The molecule has 0 amide bonds. The van der Waals surface area contributed by atoms with E-state index < -0.39 is 5.97 Å². The summed E-state index contributed by atoms with van der Waals surface area (Å²) < 4.78 is 6.59. The Morgan fingerprint density at radius 3 is 2.62 bits per heavy atom. The summed E-state index contributed by atoms with van der Waals surface area (Å²) in [5.74, 6) is 5.28. The van der Waals surface area contributed by atoms with Crippen LogP contribution in [0.4, 0.5) is 0 Å². The lowest BCUT2D eigenvalue weighted by Crippen LogP contribution is -2.23. The molecule has 0 atom stereocenters. The fraction of sp³-hybridized carbons (Fsp3) is 0.636. The Labute approximate surface area is 94.6 Å². The van der Waals surface area contributed by atoms with Crippen LogP contribution in [0.3, 0.4) is 0 Å². The van der Waals surface area contributed by atoms with Gasteiger partial charge in [0.2, 0.25) is 5.82 Å². The van der Waals surface area contributed by atoms with E-state index >= 15 is 0 Å². The first-order chi connectivity index (χ1) is 7.77. The van der Waals surface area contributed by atoms with Crippen LogP contribution in [0.15, 0.2) is 12.4 Å². The molecule has 1 fully saturated rings. The van der Waals surface area contributed by atoms with Gasteiger partial charge in [-0.05, 0) is 25.7 Å². The number of hydrogen-bond acceptors (Lipinski definition) is 4. The second-order valence-electron chi connectivity index (χ2n) is 4.18. The van der Waals surface area contributed by atoms with Crippen molar-refractivity contribution in [2.24, 2.45) is 0 Å². The highest BCUT2D eigenvalue weighted by Crippen LogP contribution is 2.20. The minimum atomic E-state index is -0.417. The van der Waals surface area contributed by atoms with Crippen molar-refractivity contribution in [2.75, 3.05) is 5.84 Å². The minimum Gasteiger partial charge on any atom is -0.456 e. The molecule has 0 bridgehead atoms. The summed E-state index contributed by atoms with van der Waals surface area (Å²) in [7, 11) is 0. The van der Waals surface area contributed by atoms with E-state index in [0.29, 0.717) is 0 Å². The Morgan fingerprint density at radius 2 is 2.06 bits per heavy atom. The predicted octanol–water partition coefficient (Wildman–Crippen LogP) is 1.48. The van der Waals surface area contributed by atoms with Crippen molar-refractivity contribution in [2.45, 2.75) is 44.6 Å². The fourth-order valence-corrected chi connectivity index (χ4v) is 2.03. The van der Waals surface area contributed by atoms with Gasteiger partial charge in [-0.2, -0.15) is 0 Å². The molecule has 16 heavy (non-hydrogen) atoms. The summed E-state index contributed by atoms with van der Waals surface area (Å²) >= 11 is 0.